The molecule has 4 nitrogen and oxygen atoms in total. The Morgan fingerprint density at radius 2 is 2.25 bits per heavy atom. The zero-order valence-electron chi connectivity index (χ0n) is 12.1. The zero-order chi connectivity index (χ0) is 13.9. The summed E-state index contributed by atoms with van der Waals surface area (Å²) in [6, 6.07) is 8.75. The van der Waals surface area contributed by atoms with Gasteiger partial charge in [0.15, 0.2) is 0 Å². The van der Waals surface area contributed by atoms with E-state index in [-0.39, 0.29) is 0 Å². The Labute approximate surface area is 119 Å². The summed E-state index contributed by atoms with van der Waals surface area (Å²) in [6.45, 7) is 3.09. The van der Waals surface area contributed by atoms with Crippen LogP contribution in [-0.2, 0) is 13.0 Å². The van der Waals surface area contributed by atoms with Crippen molar-refractivity contribution in [1.29, 1.82) is 0 Å². The van der Waals surface area contributed by atoms with Crippen molar-refractivity contribution in [3.63, 3.8) is 0 Å². The number of nitrogens with one attached hydrogen (secondary N) is 1. The fourth-order valence-electron chi connectivity index (χ4n) is 2.44. The highest BCUT2D eigenvalue weighted by molar-refractivity contribution is 5.41. The molecule has 0 unspecified atom stereocenters. The Morgan fingerprint density at radius 1 is 1.40 bits per heavy atom. The van der Waals surface area contributed by atoms with Crippen LogP contribution in [0.2, 0.25) is 0 Å². The highest BCUT2D eigenvalue weighted by Gasteiger charge is 2.21. The summed E-state index contributed by atoms with van der Waals surface area (Å²) in [4.78, 5) is 0. The van der Waals surface area contributed by atoms with Crippen molar-refractivity contribution < 1.29 is 4.74 Å². The molecular weight excluding hydrogens is 250 g/mol. The van der Waals surface area contributed by atoms with E-state index in [9.17, 15) is 0 Å². The van der Waals surface area contributed by atoms with Gasteiger partial charge in [0.1, 0.15) is 5.75 Å². The quantitative estimate of drug-likeness (QED) is 0.878. The van der Waals surface area contributed by atoms with Crippen molar-refractivity contribution >= 4 is 0 Å². The molecular formula is C16H21N3O. The van der Waals surface area contributed by atoms with E-state index in [2.05, 4.69) is 23.4 Å². The van der Waals surface area contributed by atoms with Crippen molar-refractivity contribution in [2.45, 2.75) is 38.8 Å². The smallest absolute Gasteiger partial charge is 0.121 e. The van der Waals surface area contributed by atoms with Crippen molar-refractivity contribution in [2.75, 3.05) is 7.11 Å². The highest BCUT2D eigenvalue weighted by atomic mass is 16.5. The number of benzene rings is 1. The number of methoxy groups -OCH3 is 1. The normalized spacial score (nSPS) is 14.5. The van der Waals surface area contributed by atoms with Gasteiger partial charge in [-0.2, -0.15) is 5.10 Å². The van der Waals surface area contributed by atoms with E-state index in [1.165, 1.54) is 24.1 Å². The van der Waals surface area contributed by atoms with E-state index in [0.29, 0.717) is 0 Å². The van der Waals surface area contributed by atoms with Gasteiger partial charge in [-0.1, -0.05) is 13.0 Å². The summed E-state index contributed by atoms with van der Waals surface area (Å²) in [5.41, 5.74) is 3.62. The lowest BCUT2D eigenvalue weighted by molar-refractivity contribution is 0.414. The molecule has 0 aliphatic heterocycles. The SMILES string of the molecule is CCc1c(CNC2CC2)cnn1-c1cccc(OC)c1. The minimum Gasteiger partial charge on any atom is -0.497 e. The topological polar surface area (TPSA) is 39.1 Å². The van der Waals surface area contributed by atoms with Crippen LogP contribution in [0.5, 0.6) is 5.75 Å². The van der Waals surface area contributed by atoms with E-state index < -0.39 is 0 Å². The van der Waals surface area contributed by atoms with Gasteiger partial charge in [-0.15, -0.1) is 0 Å². The van der Waals surface area contributed by atoms with Crippen LogP contribution in [-0.4, -0.2) is 22.9 Å². The standard InChI is InChI=1S/C16H21N3O/c1-3-16-12(10-17-13-7-8-13)11-18-19(16)14-5-4-6-15(9-14)20-2/h4-6,9,11,13,17H,3,7-8,10H2,1-2H3. The average Bonchev–Trinajstić information content (AvgIpc) is 3.23. The van der Waals surface area contributed by atoms with Gasteiger partial charge < -0.3 is 10.1 Å². The van der Waals surface area contributed by atoms with Gasteiger partial charge in [0, 0.05) is 29.9 Å². The van der Waals surface area contributed by atoms with Crippen LogP contribution >= 0.6 is 0 Å². The second kappa shape index (κ2) is 5.67. The lowest BCUT2D eigenvalue weighted by Crippen LogP contribution is -2.16. The molecule has 0 radical (unpaired) electrons. The maximum Gasteiger partial charge on any atom is 0.121 e. The molecule has 1 N–H and O–H groups in total. The van der Waals surface area contributed by atoms with Crippen LogP contribution in [0.1, 0.15) is 31.0 Å². The third kappa shape index (κ3) is 2.70. The molecule has 1 aliphatic carbocycles. The van der Waals surface area contributed by atoms with Gasteiger partial charge in [0.25, 0.3) is 0 Å². The number of aromatic nitrogens is 2. The van der Waals surface area contributed by atoms with Crippen LogP contribution in [0.3, 0.4) is 0 Å². The first-order chi connectivity index (χ1) is 9.81. The third-order valence-electron chi connectivity index (χ3n) is 3.75. The van der Waals surface area contributed by atoms with Gasteiger partial charge >= 0.3 is 0 Å². The Kier molecular flexibility index (Phi) is 3.74. The molecule has 1 aromatic carbocycles. The monoisotopic (exact) mass is 271 g/mol. The van der Waals surface area contributed by atoms with Crippen LogP contribution in [0.25, 0.3) is 5.69 Å². The molecule has 3 rings (SSSR count). The van der Waals surface area contributed by atoms with Gasteiger partial charge in [0.05, 0.1) is 19.0 Å². The maximum absolute atomic E-state index is 5.29. The first-order valence-corrected chi connectivity index (χ1v) is 7.25. The summed E-state index contributed by atoms with van der Waals surface area (Å²) in [5.74, 6) is 0.859. The van der Waals surface area contributed by atoms with E-state index >= 15 is 0 Å². The van der Waals surface area contributed by atoms with Crippen molar-refractivity contribution in [3.8, 4) is 11.4 Å². The summed E-state index contributed by atoms with van der Waals surface area (Å²) in [5, 5.41) is 8.11. The molecule has 1 saturated carbocycles. The van der Waals surface area contributed by atoms with Crippen LogP contribution in [0, 0.1) is 0 Å². The second-order valence-electron chi connectivity index (χ2n) is 5.24. The fourth-order valence-corrected chi connectivity index (χ4v) is 2.44. The van der Waals surface area contributed by atoms with E-state index in [1.807, 2.05) is 29.1 Å². The Morgan fingerprint density at radius 3 is 2.95 bits per heavy atom. The zero-order valence-corrected chi connectivity index (χ0v) is 12.1. The van der Waals surface area contributed by atoms with Crippen molar-refractivity contribution in [3.05, 3.63) is 41.7 Å². The molecule has 0 bridgehead atoms. The predicted octanol–water partition coefficient (Wildman–Crippen LogP) is 2.70. The average molecular weight is 271 g/mol. The fraction of sp³-hybridized carbons (Fsp3) is 0.438. The molecule has 0 atom stereocenters. The molecule has 0 amide bonds. The lowest BCUT2D eigenvalue weighted by Gasteiger charge is -2.09. The molecule has 1 aromatic heterocycles. The summed E-state index contributed by atoms with van der Waals surface area (Å²) in [6.07, 6.45) is 5.57. The largest absolute Gasteiger partial charge is 0.497 e. The number of nitrogens with zero attached hydrogens (tertiary/aromatic N) is 2. The Hall–Kier alpha value is -1.81. The third-order valence-corrected chi connectivity index (χ3v) is 3.75. The number of hydrogen-bond acceptors (Lipinski definition) is 3. The number of rotatable bonds is 6. The van der Waals surface area contributed by atoms with Crippen molar-refractivity contribution in [1.82, 2.24) is 15.1 Å². The van der Waals surface area contributed by atoms with Gasteiger partial charge in [-0.3, -0.25) is 0 Å². The first kappa shape index (κ1) is 13.2. The number of hydrogen-bond donors (Lipinski definition) is 1. The van der Waals surface area contributed by atoms with Gasteiger partial charge in [0.2, 0.25) is 0 Å². The van der Waals surface area contributed by atoms with E-state index in [0.717, 1.165) is 30.4 Å². The molecule has 0 spiro atoms. The number of ether oxygens (including phenoxy) is 1. The first-order valence-electron chi connectivity index (χ1n) is 7.25. The molecule has 1 aliphatic rings. The lowest BCUT2D eigenvalue weighted by atomic mass is 10.2. The molecule has 20 heavy (non-hydrogen) atoms. The molecule has 4 heteroatoms. The molecule has 2 aromatic rings. The van der Waals surface area contributed by atoms with E-state index in [1.54, 1.807) is 7.11 Å². The van der Waals surface area contributed by atoms with Gasteiger partial charge in [-0.05, 0) is 31.4 Å². The summed E-state index contributed by atoms with van der Waals surface area (Å²) >= 11 is 0. The van der Waals surface area contributed by atoms with Crippen LogP contribution in [0.4, 0.5) is 0 Å². The molecule has 1 heterocycles. The molecule has 1 fully saturated rings. The van der Waals surface area contributed by atoms with E-state index in [4.69, 9.17) is 4.74 Å². The Balaban J connectivity index is 1.87. The van der Waals surface area contributed by atoms with Crippen LogP contribution < -0.4 is 10.1 Å². The van der Waals surface area contributed by atoms with Crippen molar-refractivity contribution in [2.24, 2.45) is 0 Å². The van der Waals surface area contributed by atoms with Crippen LogP contribution in [0.15, 0.2) is 30.5 Å². The minimum atomic E-state index is 0.722. The minimum absolute atomic E-state index is 0.722. The summed E-state index contributed by atoms with van der Waals surface area (Å²) in [7, 11) is 1.69. The second-order valence-corrected chi connectivity index (χ2v) is 5.24. The highest BCUT2D eigenvalue weighted by Crippen LogP contribution is 2.22. The molecule has 0 saturated heterocycles. The summed E-state index contributed by atoms with van der Waals surface area (Å²) < 4.78 is 7.31. The maximum atomic E-state index is 5.29. The molecule has 106 valence electrons. The Bertz CT molecular complexity index is 587. The van der Waals surface area contributed by atoms with Gasteiger partial charge in [-0.25, -0.2) is 4.68 Å². The predicted molar refractivity (Wildman–Crippen MR) is 79.4 cm³/mol.